The standard InChI is InChI=1S/C31H22ClN3O7/c1-33-21-9-5-3-7-18(21)28(36)26(30(33)38)25(27-29(37)19-8-4-6-10-22(19)34(2)31(27)39)24-14-13-23(42-24)17-12-11-16(35(40)41)15-20(17)32/h3-15,25-27H,1-2H3/t26-,27-/m1/s1. The molecule has 1 aromatic heterocycles. The van der Waals surface area contributed by atoms with Crippen LogP contribution in [-0.2, 0) is 9.59 Å². The van der Waals surface area contributed by atoms with E-state index in [1.165, 1.54) is 54.2 Å². The van der Waals surface area contributed by atoms with Gasteiger partial charge in [-0.25, -0.2) is 0 Å². The van der Waals surface area contributed by atoms with Crippen molar-refractivity contribution in [3.05, 3.63) is 111 Å². The number of nitro benzene ring substituents is 1. The molecule has 0 saturated carbocycles. The molecule has 2 aliphatic heterocycles. The molecular weight excluding hydrogens is 562 g/mol. The fourth-order valence-electron chi connectivity index (χ4n) is 5.81. The van der Waals surface area contributed by atoms with E-state index in [9.17, 15) is 29.3 Å². The number of rotatable bonds is 5. The molecule has 0 N–H and O–H groups in total. The van der Waals surface area contributed by atoms with Crippen LogP contribution in [0.5, 0.6) is 0 Å². The Balaban J connectivity index is 1.53. The SMILES string of the molecule is CN1C(=O)[C@H](C(c2ccc(-c3ccc([N+](=O)[O-])cc3Cl)o2)[C@@H]2C(=O)c3ccccc3N(C)C2=O)C(=O)c2ccccc21. The van der Waals surface area contributed by atoms with E-state index in [2.05, 4.69) is 0 Å². The van der Waals surface area contributed by atoms with Crippen molar-refractivity contribution in [2.75, 3.05) is 23.9 Å². The van der Waals surface area contributed by atoms with Gasteiger partial charge in [0.1, 0.15) is 23.4 Å². The van der Waals surface area contributed by atoms with Crippen LogP contribution in [0.2, 0.25) is 5.02 Å². The Morgan fingerprint density at radius 2 is 1.29 bits per heavy atom. The number of benzene rings is 3. The summed E-state index contributed by atoms with van der Waals surface area (Å²) in [6, 6.07) is 20.2. The Morgan fingerprint density at radius 3 is 1.79 bits per heavy atom. The summed E-state index contributed by atoms with van der Waals surface area (Å²) in [7, 11) is 3.07. The van der Waals surface area contributed by atoms with E-state index in [0.29, 0.717) is 16.9 Å². The topological polar surface area (TPSA) is 131 Å². The van der Waals surface area contributed by atoms with Crippen LogP contribution >= 0.6 is 11.6 Å². The number of amides is 2. The van der Waals surface area contributed by atoms with E-state index >= 15 is 0 Å². The second-order valence-electron chi connectivity index (χ2n) is 10.2. The van der Waals surface area contributed by atoms with Gasteiger partial charge < -0.3 is 14.2 Å². The third-order valence-corrected chi connectivity index (χ3v) is 8.24. The molecule has 6 rings (SSSR count). The molecule has 42 heavy (non-hydrogen) atoms. The van der Waals surface area contributed by atoms with Crippen LogP contribution in [0.15, 0.2) is 83.3 Å². The number of Topliss-reactive ketones (excluding diaryl/α,β-unsaturated/α-hetero) is 2. The van der Waals surface area contributed by atoms with Gasteiger partial charge in [0.15, 0.2) is 11.6 Å². The lowest BCUT2D eigenvalue weighted by molar-refractivity contribution is -0.384. The van der Waals surface area contributed by atoms with Crippen molar-refractivity contribution in [3.8, 4) is 11.3 Å². The molecular formula is C31H22ClN3O7. The van der Waals surface area contributed by atoms with Crippen LogP contribution in [0.4, 0.5) is 17.1 Å². The van der Waals surface area contributed by atoms with Crippen LogP contribution in [0.3, 0.4) is 0 Å². The van der Waals surface area contributed by atoms with E-state index in [4.69, 9.17) is 16.0 Å². The van der Waals surface area contributed by atoms with Crippen molar-refractivity contribution < 1.29 is 28.5 Å². The van der Waals surface area contributed by atoms with Gasteiger partial charge in [0.25, 0.3) is 5.69 Å². The first-order valence-electron chi connectivity index (χ1n) is 13.0. The quantitative estimate of drug-likeness (QED) is 0.171. The molecule has 2 amide bonds. The molecule has 0 spiro atoms. The molecule has 2 atom stereocenters. The molecule has 210 valence electrons. The number of ketones is 2. The first-order valence-corrected chi connectivity index (χ1v) is 13.3. The average molecular weight is 584 g/mol. The number of anilines is 2. The third kappa shape index (κ3) is 4.10. The summed E-state index contributed by atoms with van der Waals surface area (Å²) >= 11 is 6.34. The van der Waals surface area contributed by atoms with E-state index < -0.39 is 46.1 Å². The number of carbonyl (C=O) groups excluding carboxylic acids is 4. The van der Waals surface area contributed by atoms with E-state index in [-0.39, 0.29) is 33.4 Å². The van der Waals surface area contributed by atoms with Crippen molar-refractivity contribution >= 4 is 52.0 Å². The van der Waals surface area contributed by atoms with Crippen molar-refractivity contribution in [3.63, 3.8) is 0 Å². The number of hydrogen-bond acceptors (Lipinski definition) is 7. The summed E-state index contributed by atoms with van der Waals surface area (Å²) < 4.78 is 6.16. The lowest BCUT2D eigenvalue weighted by atomic mass is 9.70. The summed E-state index contributed by atoms with van der Waals surface area (Å²) in [6.07, 6.45) is 0. The zero-order chi connectivity index (χ0) is 29.9. The van der Waals surface area contributed by atoms with Crippen LogP contribution in [0, 0.1) is 22.0 Å². The molecule has 3 heterocycles. The number of non-ortho nitro benzene ring substituents is 1. The van der Waals surface area contributed by atoms with Crippen molar-refractivity contribution in [2.24, 2.45) is 11.8 Å². The third-order valence-electron chi connectivity index (χ3n) is 7.92. The second kappa shape index (κ2) is 10.1. The predicted molar refractivity (Wildman–Crippen MR) is 154 cm³/mol. The Morgan fingerprint density at radius 1 is 0.762 bits per heavy atom. The van der Waals surface area contributed by atoms with Gasteiger partial charge in [0.05, 0.1) is 27.2 Å². The molecule has 10 nitrogen and oxygen atoms in total. The fourth-order valence-corrected chi connectivity index (χ4v) is 6.08. The molecule has 0 aliphatic carbocycles. The molecule has 11 heteroatoms. The van der Waals surface area contributed by atoms with Crippen LogP contribution in [-0.4, -0.2) is 42.4 Å². The zero-order valence-electron chi connectivity index (χ0n) is 22.3. The van der Waals surface area contributed by atoms with Crippen LogP contribution < -0.4 is 9.80 Å². The Bertz CT molecular complexity index is 1750. The van der Waals surface area contributed by atoms with Gasteiger partial charge in [-0.1, -0.05) is 35.9 Å². The molecule has 3 aromatic carbocycles. The van der Waals surface area contributed by atoms with E-state index in [0.717, 1.165) is 0 Å². The Hall–Kier alpha value is -5.09. The Kier molecular flexibility index (Phi) is 6.50. The number of hydrogen-bond donors (Lipinski definition) is 0. The summed E-state index contributed by atoms with van der Waals surface area (Å²) in [5, 5.41) is 11.2. The predicted octanol–water partition coefficient (Wildman–Crippen LogP) is 5.54. The highest BCUT2D eigenvalue weighted by Crippen LogP contribution is 2.46. The van der Waals surface area contributed by atoms with E-state index in [1.54, 1.807) is 48.5 Å². The minimum absolute atomic E-state index is 0.0404. The molecule has 0 radical (unpaired) electrons. The second-order valence-corrected chi connectivity index (χ2v) is 10.6. The lowest BCUT2D eigenvalue weighted by Gasteiger charge is -2.39. The number of halogens is 1. The fraction of sp³-hybridized carbons (Fsp3) is 0.161. The smallest absolute Gasteiger partial charge is 0.270 e. The molecule has 0 fully saturated rings. The highest BCUT2D eigenvalue weighted by molar-refractivity contribution is 6.33. The molecule has 0 saturated heterocycles. The first-order chi connectivity index (χ1) is 20.1. The minimum Gasteiger partial charge on any atom is -0.461 e. The van der Waals surface area contributed by atoms with Gasteiger partial charge in [-0.3, -0.25) is 29.3 Å². The van der Waals surface area contributed by atoms with Crippen molar-refractivity contribution in [1.29, 1.82) is 0 Å². The number of furan rings is 1. The monoisotopic (exact) mass is 583 g/mol. The lowest BCUT2D eigenvalue weighted by Crippen LogP contribution is -2.52. The Labute approximate surface area is 244 Å². The highest BCUT2D eigenvalue weighted by atomic mass is 35.5. The summed E-state index contributed by atoms with van der Waals surface area (Å²) in [4.78, 5) is 69.0. The number of nitrogens with zero attached hydrogens (tertiary/aromatic N) is 3. The molecule has 2 aliphatic rings. The maximum absolute atomic E-state index is 14.0. The van der Waals surface area contributed by atoms with Gasteiger partial charge >= 0.3 is 0 Å². The maximum Gasteiger partial charge on any atom is 0.270 e. The van der Waals surface area contributed by atoms with Crippen molar-refractivity contribution in [1.82, 2.24) is 0 Å². The largest absolute Gasteiger partial charge is 0.461 e. The first kappa shape index (κ1) is 27.1. The summed E-state index contributed by atoms with van der Waals surface area (Å²) in [5.74, 6) is -6.21. The van der Waals surface area contributed by atoms with Crippen molar-refractivity contribution in [2.45, 2.75) is 5.92 Å². The van der Waals surface area contributed by atoms with Crippen LogP contribution in [0.25, 0.3) is 11.3 Å². The summed E-state index contributed by atoms with van der Waals surface area (Å²) in [6.45, 7) is 0. The molecule has 0 unspecified atom stereocenters. The summed E-state index contributed by atoms with van der Waals surface area (Å²) in [5.41, 5.74) is 1.51. The molecule has 4 aromatic rings. The number of nitro groups is 1. The molecule has 0 bridgehead atoms. The highest BCUT2D eigenvalue weighted by Gasteiger charge is 2.53. The van der Waals surface area contributed by atoms with Crippen LogP contribution in [0.1, 0.15) is 32.4 Å². The van der Waals surface area contributed by atoms with E-state index in [1.807, 2.05) is 0 Å². The van der Waals surface area contributed by atoms with Gasteiger partial charge in [0, 0.05) is 42.9 Å². The number of fused-ring (bicyclic) bond motifs is 2. The van der Waals surface area contributed by atoms with Gasteiger partial charge in [0.2, 0.25) is 11.8 Å². The average Bonchev–Trinajstić information content (AvgIpc) is 3.47. The maximum atomic E-state index is 14.0. The normalized spacial score (nSPS) is 18.4. The minimum atomic E-state index is -1.45. The van der Waals surface area contributed by atoms with Gasteiger partial charge in [-0.2, -0.15) is 0 Å². The van der Waals surface area contributed by atoms with Gasteiger partial charge in [-0.05, 0) is 42.5 Å². The van der Waals surface area contributed by atoms with Gasteiger partial charge in [-0.15, -0.1) is 0 Å². The zero-order valence-corrected chi connectivity index (χ0v) is 23.1. The number of carbonyl (C=O) groups is 4. The number of para-hydroxylation sites is 2.